The van der Waals surface area contributed by atoms with Crippen LogP contribution in [0.3, 0.4) is 0 Å². The SMILES string of the molecule is CCC(=O)CCSC1CC(=O)N(CC(C)C)C1=O. The Morgan fingerprint density at radius 3 is 2.67 bits per heavy atom. The van der Waals surface area contributed by atoms with Gasteiger partial charge in [0.2, 0.25) is 11.8 Å². The summed E-state index contributed by atoms with van der Waals surface area (Å²) in [4.78, 5) is 36.2. The summed E-state index contributed by atoms with van der Waals surface area (Å²) in [7, 11) is 0. The molecule has 1 fully saturated rings. The number of likely N-dealkylation sites (tertiary alicyclic amines) is 1. The first-order valence-electron chi connectivity index (χ1n) is 6.43. The molecule has 1 heterocycles. The lowest BCUT2D eigenvalue weighted by atomic mass is 10.2. The fourth-order valence-electron chi connectivity index (χ4n) is 1.83. The van der Waals surface area contributed by atoms with Crippen molar-refractivity contribution in [3.8, 4) is 0 Å². The standard InChI is InChI=1S/C13H21NO3S/c1-4-10(15)5-6-18-11-7-12(16)14(13(11)17)8-9(2)3/h9,11H,4-8H2,1-3H3. The van der Waals surface area contributed by atoms with Crippen LogP contribution in [-0.2, 0) is 14.4 Å². The summed E-state index contributed by atoms with van der Waals surface area (Å²) in [5.74, 6) is 0.976. The highest BCUT2D eigenvalue weighted by atomic mass is 32.2. The normalized spacial score (nSPS) is 20.0. The van der Waals surface area contributed by atoms with Crippen molar-refractivity contribution in [3.63, 3.8) is 0 Å². The van der Waals surface area contributed by atoms with Crippen molar-refractivity contribution in [1.82, 2.24) is 4.90 Å². The number of Topliss-reactive ketones (excluding diaryl/α,β-unsaturated/α-hetero) is 1. The van der Waals surface area contributed by atoms with E-state index in [1.165, 1.54) is 16.7 Å². The van der Waals surface area contributed by atoms with Crippen LogP contribution in [0.1, 0.15) is 40.0 Å². The number of ketones is 1. The Kier molecular flexibility index (Phi) is 5.85. The van der Waals surface area contributed by atoms with Crippen LogP contribution < -0.4 is 0 Å². The molecule has 0 bridgehead atoms. The van der Waals surface area contributed by atoms with E-state index in [2.05, 4.69) is 0 Å². The molecule has 0 aromatic carbocycles. The predicted molar refractivity (Wildman–Crippen MR) is 72.3 cm³/mol. The number of amides is 2. The van der Waals surface area contributed by atoms with Gasteiger partial charge in [0.25, 0.3) is 0 Å². The van der Waals surface area contributed by atoms with E-state index in [0.29, 0.717) is 31.1 Å². The number of carbonyl (C=O) groups is 3. The average Bonchev–Trinajstić information content (AvgIpc) is 2.56. The van der Waals surface area contributed by atoms with Gasteiger partial charge >= 0.3 is 0 Å². The summed E-state index contributed by atoms with van der Waals surface area (Å²) in [5.41, 5.74) is 0. The molecule has 1 atom stereocenters. The van der Waals surface area contributed by atoms with Gasteiger partial charge in [0.05, 0.1) is 5.25 Å². The van der Waals surface area contributed by atoms with Crippen LogP contribution in [0.4, 0.5) is 0 Å². The van der Waals surface area contributed by atoms with Crippen LogP contribution in [0, 0.1) is 5.92 Å². The molecule has 0 N–H and O–H groups in total. The van der Waals surface area contributed by atoms with Gasteiger partial charge in [-0.25, -0.2) is 0 Å². The average molecular weight is 271 g/mol. The maximum atomic E-state index is 12.0. The quantitative estimate of drug-likeness (QED) is 0.663. The molecule has 0 aliphatic carbocycles. The summed E-state index contributed by atoms with van der Waals surface area (Å²) < 4.78 is 0. The summed E-state index contributed by atoms with van der Waals surface area (Å²) in [6, 6.07) is 0. The van der Waals surface area contributed by atoms with E-state index in [1.807, 2.05) is 20.8 Å². The minimum absolute atomic E-state index is 0.0759. The van der Waals surface area contributed by atoms with Crippen LogP contribution in [-0.4, -0.2) is 40.0 Å². The Morgan fingerprint density at radius 2 is 2.11 bits per heavy atom. The van der Waals surface area contributed by atoms with Crippen LogP contribution in [0.2, 0.25) is 0 Å². The van der Waals surface area contributed by atoms with E-state index < -0.39 is 0 Å². The first-order chi connectivity index (χ1) is 8.45. The van der Waals surface area contributed by atoms with Crippen molar-refractivity contribution in [1.29, 1.82) is 0 Å². The Morgan fingerprint density at radius 1 is 1.44 bits per heavy atom. The van der Waals surface area contributed by atoms with Gasteiger partial charge in [-0.1, -0.05) is 20.8 Å². The molecular formula is C13H21NO3S. The lowest BCUT2D eigenvalue weighted by Crippen LogP contribution is -2.34. The Bertz CT molecular complexity index is 341. The molecule has 4 nitrogen and oxygen atoms in total. The first-order valence-corrected chi connectivity index (χ1v) is 7.48. The molecule has 0 spiro atoms. The molecule has 5 heteroatoms. The van der Waals surface area contributed by atoms with Gasteiger partial charge in [-0.05, 0) is 5.92 Å². The monoisotopic (exact) mass is 271 g/mol. The highest BCUT2D eigenvalue weighted by Crippen LogP contribution is 2.26. The predicted octanol–water partition coefficient (Wildman–Crippen LogP) is 1.87. The molecule has 1 aliphatic heterocycles. The molecule has 2 amide bonds. The van der Waals surface area contributed by atoms with Crippen LogP contribution >= 0.6 is 11.8 Å². The second-order valence-electron chi connectivity index (χ2n) is 4.94. The fraction of sp³-hybridized carbons (Fsp3) is 0.769. The van der Waals surface area contributed by atoms with E-state index in [0.717, 1.165) is 0 Å². The number of rotatable bonds is 7. The summed E-state index contributed by atoms with van der Waals surface area (Å²) in [6.07, 6.45) is 1.32. The lowest BCUT2D eigenvalue weighted by Gasteiger charge is -2.16. The van der Waals surface area contributed by atoms with E-state index >= 15 is 0 Å². The van der Waals surface area contributed by atoms with Crippen LogP contribution in [0.5, 0.6) is 0 Å². The number of imide groups is 1. The Balaban J connectivity index is 2.43. The zero-order valence-electron chi connectivity index (χ0n) is 11.3. The van der Waals surface area contributed by atoms with E-state index in [-0.39, 0.29) is 29.3 Å². The Hall–Kier alpha value is -0.840. The summed E-state index contributed by atoms with van der Waals surface area (Å²) in [6.45, 7) is 6.31. The van der Waals surface area contributed by atoms with Crippen molar-refractivity contribution in [2.24, 2.45) is 5.92 Å². The van der Waals surface area contributed by atoms with Gasteiger partial charge in [-0.2, -0.15) is 0 Å². The van der Waals surface area contributed by atoms with Crippen LogP contribution in [0.15, 0.2) is 0 Å². The van der Waals surface area contributed by atoms with Crippen molar-refractivity contribution in [2.75, 3.05) is 12.3 Å². The number of hydrogen-bond donors (Lipinski definition) is 0. The number of thioether (sulfide) groups is 1. The third kappa shape index (κ3) is 4.12. The van der Waals surface area contributed by atoms with Crippen molar-refractivity contribution in [2.45, 2.75) is 45.3 Å². The van der Waals surface area contributed by atoms with Crippen molar-refractivity contribution < 1.29 is 14.4 Å². The first kappa shape index (κ1) is 15.2. The van der Waals surface area contributed by atoms with Gasteiger partial charge in [0, 0.05) is 31.6 Å². The smallest absolute Gasteiger partial charge is 0.242 e. The molecule has 1 unspecified atom stereocenters. The van der Waals surface area contributed by atoms with Gasteiger partial charge < -0.3 is 0 Å². The Labute approximate surface area is 112 Å². The molecule has 0 aromatic rings. The van der Waals surface area contributed by atoms with Crippen molar-refractivity contribution >= 4 is 29.4 Å². The topological polar surface area (TPSA) is 54.5 Å². The third-order valence-electron chi connectivity index (χ3n) is 2.84. The zero-order valence-corrected chi connectivity index (χ0v) is 12.1. The van der Waals surface area contributed by atoms with E-state index in [4.69, 9.17) is 0 Å². The number of nitrogens with zero attached hydrogens (tertiary/aromatic N) is 1. The highest BCUT2D eigenvalue weighted by molar-refractivity contribution is 8.00. The maximum Gasteiger partial charge on any atom is 0.242 e. The number of carbonyl (C=O) groups excluding carboxylic acids is 3. The summed E-state index contributed by atoms with van der Waals surface area (Å²) in [5, 5.41) is -0.277. The van der Waals surface area contributed by atoms with E-state index in [9.17, 15) is 14.4 Å². The largest absolute Gasteiger partial charge is 0.300 e. The number of hydrogen-bond acceptors (Lipinski definition) is 4. The van der Waals surface area contributed by atoms with E-state index in [1.54, 1.807) is 0 Å². The second-order valence-corrected chi connectivity index (χ2v) is 6.25. The molecule has 1 rings (SSSR count). The third-order valence-corrected chi connectivity index (χ3v) is 4.06. The minimum Gasteiger partial charge on any atom is -0.300 e. The molecule has 1 saturated heterocycles. The molecule has 0 radical (unpaired) electrons. The zero-order chi connectivity index (χ0) is 13.7. The maximum absolute atomic E-state index is 12.0. The van der Waals surface area contributed by atoms with Crippen molar-refractivity contribution in [3.05, 3.63) is 0 Å². The molecule has 1 aliphatic rings. The van der Waals surface area contributed by atoms with Gasteiger partial charge in [0.1, 0.15) is 5.78 Å². The lowest BCUT2D eigenvalue weighted by molar-refractivity contribution is -0.138. The summed E-state index contributed by atoms with van der Waals surface area (Å²) >= 11 is 1.44. The second kappa shape index (κ2) is 6.92. The molecule has 102 valence electrons. The molecular weight excluding hydrogens is 250 g/mol. The van der Waals surface area contributed by atoms with Gasteiger partial charge in [-0.3, -0.25) is 19.3 Å². The molecule has 18 heavy (non-hydrogen) atoms. The molecule has 0 saturated carbocycles. The highest BCUT2D eigenvalue weighted by Gasteiger charge is 2.38. The van der Waals surface area contributed by atoms with Gasteiger partial charge in [-0.15, -0.1) is 11.8 Å². The van der Waals surface area contributed by atoms with Gasteiger partial charge in [0.15, 0.2) is 0 Å². The molecule has 0 aromatic heterocycles. The van der Waals surface area contributed by atoms with Crippen LogP contribution in [0.25, 0.3) is 0 Å². The fourth-order valence-corrected chi connectivity index (χ4v) is 2.99. The minimum atomic E-state index is -0.277.